The second-order valence-electron chi connectivity index (χ2n) is 2.79. The van der Waals surface area contributed by atoms with Gasteiger partial charge in [-0.05, 0) is 18.2 Å². The monoisotopic (exact) mass is 291 g/mol. The van der Waals surface area contributed by atoms with Gasteiger partial charge in [0, 0.05) is 16.9 Å². The number of hydrogen-bond donors (Lipinski definition) is 1. The van der Waals surface area contributed by atoms with Gasteiger partial charge in [-0.1, -0.05) is 27.5 Å². The fourth-order valence-corrected chi connectivity index (χ4v) is 1.47. The van der Waals surface area contributed by atoms with E-state index in [1.165, 1.54) is 7.11 Å². The van der Waals surface area contributed by atoms with Crippen LogP contribution >= 0.6 is 27.5 Å². The van der Waals surface area contributed by atoms with Crippen molar-refractivity contribution in [2.24, 2.45) is 0 Å². The van der Waals surface area contributed by atoms with Crippen molar-refractivity contribution in [3.63, 3.8) is 0 Å². The Morgan fingerprint density at radius 3 is 2.93 bits per heavy atom. The summed E-state index contributed by atoms with van der Waals surface area (Å²) in [6, 6.07) is 4.92. The minimum atomic E-state index is -0.164. The molecule has 0 fully saturated rings. The van der Waals surface area contributed by atoms with Crippen molar-refractivity contribution in [3.05, 3.63) is 28.8 Å². The zero-order chi connectivity index (χ0) is 11.3. The molecule has 1 aromatic rings. The molecule has 1 amide bonds. The maximum atomic E-state index is 11.6. The molecular weight excluding hydrogens is 281 g/mol. The summed E-state index contributed by atoms with van der Waals surface area (Å²) in [6.45, 7) is 0.574. The van der Waals surface area contributed by atoms with Crippen molar-refractivity contribution in [1.82, 2.24) is 5.32 Å². The number of benzene rings is 1. The van der Waals surface area contributed by atoms with E-state index in [4.69, 9.17) is 16.3 Å². The predicted octanol–water partition coefficient (Wildman–Crippen LogP) is 2.47. The first kappa shape index (κ1) is 12.3. The van der Waals surface area contributed by atoms with Crippen molar-refractivity contribution in [2.75, 3.05) is 19.0 Å². The minimum Gasteiger partial charge on any atom is -0.496 e. The lowest BCUT2D eigenvalue weighted by Gasteiger charge is -2.08. The second-order valence-corrected chi connectivity index (χ2v) is 4.02. The Hall–Kier alpha value is -0.740. The SMILES string of the molecule is COc1cc(Cl)ccc1C(=O)NCCBr. The van der Waals surface area contributed by atoms with Crippen LogP contribution in [0.5, 0.6) is 5.75 Å². The van der Waals surface area contributed by atoms with Crippen molar-refractivity contribution >= 4 is 33.4 Å². The Labute approximate surface area is 102 Å². The third-order valence-electron chi connectivity index (χ3n) is 1.79. The van der Waals surface area contributed by atoms with Crippen LogP contribution in [0.3, 0.4) is 0 Å². The van der Waals surface area contributed by atoms with E-state index in [-0.39, 0.29) is 5.91 Å². The first-order chi connectivity index (χ1) is 7.19. The smallest absolute Gasteiger partial charge is 0.255 e. The summed E-state index contributed by atoms with van der Waals surface area (Å²) < 4.78 is 5.07. The summed E-state index contributed by atoms with van der Waals surface area (Å²) in [5.41, 5.74) is 0.489. The molecule has 0 bridgehead atoms. The fraction of sp³-hybridized carbons (Fsp3) is 0.300. The number of carbonyl (C=O) groups is 1. The van der Waals surface area contributed by atoms with E-state index in [0.29, 0.717) is 28.2 Å². The Balaban J connectivity index is 2.87. The van der Waals surface area contributed by atoms with Gasteiger partial charge < -0.3 is 10.1 Å². The maximum Gasteiger partial charge on any atom is 0.255 e. The van der Waals surface area contributed by atoms with Gasteiger partial charge in [-0.15, -0.1) is 0 Å². The van der Waals surface area contributed by atoms with E-state index >= 15 is 0 Å². The molecule has 0 aromatic heterocycles. The number of amides is 1. The maximum absolute atomic E-state index is 11.6. The number of ether oxygens (including phenoxy) is 1. The lowest BCUT2D eigenvalue weighted by atomic mass is 10.2. The molecule has 5 heteroatoms. The average Bonchev–Trinajstić information content (AvgIpc) is 2.25. The highest BCUT2D eigenvalue weighted by atomic mass is 79.9. The Morgan fingerprint density at radius 1 is 1.60 bits per heavy atom. The molecule has 0 radical (unpaired) electrons. The summed E-state index contributed by atoms with van der Waals surface area (Å²) in [7, 11) is 1.51. The quantitative estimate of drug-likeness (QED) is 0.866. The standard InChI is InChI=1S/C10H11BrClNO2/c1-15-9-6-7(12)2-3-8(9)10(14)13-5-4-11/h2-3,6H,4-5H2,1H3,(H,13,14). The highest BCUT2D eigenvalue weighted by Gasteiger charge is 2.11. The molecule has 1 N–H and O–H groups in total. The summed E-state index contributed by atoms with van der Waals surface area (Å²) in [5, 5.41) is 4.00. The van der Waals surface area contributed by atoms with Crippen LogP contribution < -0.4 is 10.1 Å². The molecule has 0 aliphatic rings. The molecule has 1 aromatic carbocycles. The van der Waals surface area contributed by atoms with Crippen LogP contribution in [0.15, 0.2) is 18.2 Å². The number of halogens is 2. The number of carbonyl (C=O) groups excluding carboxylic acids is 1. The van der Waals surface area contributed by atoms with E-state index in [2.05, 4.69) is 21.2 Å². The summed E-state index contributed by atoms with van der Waals surface area (Å²) in [4.78, 5) is 11.6. The summed E-state index contributed by atoms with van der Waals surface area (Å²) >= 11 is 9.02. The largest absolute Gasteiger partial charge is 0.496 e. The fourth-order valence-electron chi connectivity index (χ4n) is 1.11. The van der Waals surface area contributed by atoms with E-state index in [1.807, 2.05) is 0 Å². The van der Waals surface area contributed by atoms with E-state index in [0.717, 1.165) is 0 Å². The molecule has 82 valence electrons. The summed E-state index contributed by atoms with van der Waals surface area (Å²) in [6.07, 6.45) is 0. The predicted molar refractivity (Wildman–Crippen MR) is 64.1 cm³/mol. The van der Waals surface area contributed by atoms with Gasteiger partial charge in [-0.2, -0.15) is 0 Å². The van der Waals surface area contributed by atoms with Crippen LogP contribution in [0.1, 0.15) is 10.4 Å². The third kappa shape index (κ3) is 3.39. The highest BCUT2D eigenvalue weighted by molar-refractivity contribution is 9.09. The molecule has 15 heavy (non-hydrogen) atoms. The van der Waals surface area contributed by atoms with E-state index in [1.54, 1.807) is 18.2 Å². The first-order valence-electron chi connectivity index (χ1n) is 4.36. The number of methoxy groups -OCH3 is 1. The molecule has 1 rings (SSSR count). The van der Waals surface area contributed by atoms with Gasteiger partial charge in [0.2, 0.25) is 0 Å². The molecule has 0 saturated carbocycles. The van der Waals surface area contributed by atoms with Crippen molar-refractivity contribution in [3.8, 4) is 5.75 Å². The Kier molecular flexibility index (Phi) is 4.91. The zero-order valence-electron chi connectivity index (χ0n) is 8.22. The van der Waals surface area contributed by atoms with Crippen LogP contribution in [0.25, 0.3) is 0 Å². The number of alkyl halides is 1. The third-order valence-corrected chi connectivity index (χ3v) is 2.42. The van der Waals surface area contributed by atoms with Gasteiger partial charge in [0.1, 0.15) is 5.75 Å². The lowest BCUT2D eigenvalue weighted by molar-refractivity contribution is 0.0953. The first-order valence-corrected chi connectivity index (χ1v) is 5.86. The van der Waals surface area contributed by atoms with Crippen LogP contribution in [-0.4, -0.2) is 24.9 Å². The van der Waals surface area contributed by atoms with Crippen LogP contribution in [0.4, 0.5) is 0 Å². The molecule has 0 aliphatic carbocycles. The molecule has 3 nitrogen and oxygen atoms in total. The van der Waals surface area contributed by atoms with E-state index < -0.39 is 0 Å². The zero-order valence-corrected chi connectivity index (χ0v) is 10.6. The van der Waals surface area contributed by atoms with Crippen LogP contribution in [0, 0.1) is 0 Å². The molecule has 0 atom stereocenters. The highest BCUT2D eigenvalue weighted by Crippen LogP contribution is 2.22. The summed E-state index contributed by atoms with van der Waals surface area (Å²) in [5.74, 6) is 0.317. The van der Waals surface area contributed by atoms with Gasteiger partial charge in [-0.3, -0.25) is 4.79 Å². The van der Waals surface area contributed by atoms with Gasteiger partial charge in [0.25, 0.3) is 5.91 Å². The Bertz CT molecular complexity index is 357. The van der Waals surface area contributed by atoms with Crippen LogP contribution in [-0.2, 0) is 0 Å². The van der Waals surface area contributed by atoms with Gasteiger partial charge in [0.15, 0.2) is 0 Å². The second kappa shape index (κ2) is 5.98. The molecule has 0 saturated heterocycles. The van der Waals surface area contributed by atoms with Gasteiger partial charge >= 0.3 is 0 Å². The molecular formula is C10H11BrClNO2. The molecule has 0 aliphatic heterocycles. The van der Waals surface area contributed by atoms with E-state index in [9.17, 15) is 4.79 Å². The number of nitrogens with one attached hydrogen (secondary N) is 1. The molecule has 0 heterocycles. The normalized spacial score (nSPS) is 9.80. The molecule has 0 unspecified atom stereocenters. The number of hydrogen-bond acceptors (Lipinski definition) is 2. The number of rotatable bonds is 4. The topological polar surface area (TPSA) is 38.3 Å². The van der Waals surface area contributed by atoms with Gasteiger partial charge in [-0.25, -0.2) is 0 Å². The average molecular weight is 293 g/mol. The molecule has 0 spiro atoms. The van der Waals surface area contributed by atoms with Crippen molar-refractivity contribution in [1.29, 1.82) is 0 Å². The van der Waals surface area contributed by atoms with Crippen LogP contribution in [0.2, 0.25) is 5.02 Å². The van der Waals surface area contributed by atoms with Crippen molar-refractivity contribution < 1.29 is 9.53 Å². The minimum absolute atomic E-state index is 0.164. The van der Waals surface area contributed by atoms with Gasteiger partial charge in [0.05, 0.1) is 12.7 Å². The lowest BCUT2D eigenvalue weighted by Crippen LogP contribution is -2.25. The van der Waals surface area contributed by atoms with Crippen molar-refractivity contribution in [2.45, 2.75) is 0 Å². The Morgan fingerprint density at radius 2 is 2.33 bits per heavy atom.